The number of benzene rings is 4. The Kier molecular flexibility index (Phi) is 6.40. The van der Waals surface area contributed by atoms with E-state index in [4.69, 9.17) is 4.74 Å². The van der Waals surface area contributed by atoms with Gasteiger partial charge in [-0.25, -0.2) is 4.79 Å². The molecule has 4 nitrogen and oxygen atoms in total. The molecule has 0 atom stereocenters. The zero-order chi connectivity index (χ0) is 25.2. The normalized spacial score (nSPS) is 13.9. The van der Waals surface area contributed by atoms with Crippen LogP contribution in [0.2, 0.25) is 0 Å². The maximum absolute atomic E-state index is 12.3. The van der Waals surface area contributed by atoms with Gasteiger partial charge in [-0.05, 0) is 59.7 Å². The number of carbonyl (C=O) groups is 1. The Bertz CT molecular complexity index is 1570. The standard InChI is InChI=1S/C33H31NO3/c35-33(36)32-29(19-9-21-37-30-20-7-13-23-12-3-4-15-25(23)30)28-18-8-17-27(31(28)34-32)26-16-6-5-14-24(26)22-10-1-2-11-22/h3-8,12-18,20,22,34H,1-2,9-11,19,21H2,(H,35,36). The summed E-state index contributed by atoms with van der Waals surface area (Å²) >= 11 is 0. The first-order chi connectivity index (χ1) is 18.2. The lowest BCUT2D eigenvalue weighted by atomic mass is 9.88. The Morgan fingerprint density at radius 3 is 2.41 bits per heavy atom. The van der Waals surface area contributed by atoms with E-state index in [-0.39, 0.29) is 5.69 Å². The summed E-state index contributed by atoms with van der Waals surface area (Å²) in [5.74, 6) is 0.517. The van der Waals surface area contributed by atoms with E-state index in [0.717, 1.165) is 45.0 Å². The summed E-state index contributed by atoms with van der Waals surface area (Å²) in [6, 6.07) is 29.1. The number of aromatic carboxylic acids is 1. The quantitative estimate of drug-likeness (QED) is 0.215. The molecule has 0 saturated heterocycles. The number of rotatable bonds is 8. The minimum absolute atomic E-state index is 0.283. The maximum atomic E-state index is 12.3. The second-order valence-electron chi connectivity index (χ2n) is 10.0. The van der Waals surface area contributed by atoms with E-state index in [9.17, 15) is 9.90 Å². The van der Waals surface area contributed by atoms with Gasteiger partial charge in [0, 0.05) is 16.3 Å². The van der Waals surface area contributed by atoms with E-state index in [1.165, 1.54) is 36.8 Å². The molecule has 0 aliphatic heterocycles. The Hall–Kier alpha value is -4.05. The average Bonchev–Trinajstić information content (AvgIpc) is 3.60. The number of aromatic nitrogens is 1. The van der Waals surface area contributed by atoms with Crippen molar-refractivity contribution in [3.05, 3.63) is 102 Å². The summed E-state index contributed by atoms with van der Waals surface area (Å²) in [6.07, 6.45) is 6.35. The highest BCUT2D eigenvalue weighted by atomic mass is 16.5. The number of H-pyrrole nitrogens is 1. The van der Waals surface area contributed by atoms with Crippen molar-refractivity contribution in [1.82, 2.24) is 4.98 Å². The second-order valence-corrected chi connectivity index (χ2v) is 10.0. The van der Waals surface area contributed by atoms with Gasteiger partial charge in [-0.2, -0.15) is 0 Å². The molecule has 1 aliphatic rings. The smallest absolute Gasteiger partial charge is 0.352 e. The number of carboxylic acid groups (broad SMARTS) is 1. The number of aromatic amines is 1. The molecule has 5 aromatic rings. The molecule has 0 amide bonds. The van der Waals surface area contributed by atoms with Crippen molar-refractivity contribution in [2.45, 2.75) is 44.4 Å². The molecule has 0 spiro atoms. The summed E-state index contributed by atoms with van der Waals surface area (Å²) in [5.41, 5.74) is 5.72. The van der Waals surface area contributed by atoms with Gasteiger partial charge in [0.15, 0.2) is 0 Å². The lowest BCUT2D eigenvalue weighted by Crippen LogP contribution is -2.04. The first kappa shape index (κ1) is 23.4. The first-order valence-corrected chi connectivity index (χ1v) is 13.3. The molecule has 4 aromatic carbocycles. The number of para-hydroxylation sites is 1. The molecule has 1 heterocycles. The predicted molar refractivity (Wildman–Crippen MR) is 150 cm³/mol. The van der Waals surface area contributed by atoms with E-state index in [0.29, 0.717) is 18.9 Å². The van der Waals surface area contributed by atoms with Crippen LogP contribution in [0.1, 0.15) is 59.6 Å². The highest BCUT2D eigenvalue weighted by Crippen LogP contribution is 2.41. The van der Waals surface area contributed by atoms with Crippen LogP contribution in [0.15, 0.2) is 84.9 Å². The van der Waals surface area contributed by atoms with Crippen LogP contribution in [0, 0.1) is 0 Å². The first-order valence-electron chi connectivity index (χ1n) is 13.3. The molecule has 1 aliphatic carbocycles. The molecular weight excluding hydrogens is 458 g/mol. The lowest BCUT2D eigenvalue weighted by molar-refractivity contribution is 0.0690. The van der Waals surface area contributed by atoms with Gasteiger partial charge in [0.25, 0.3) is 0 Å². The summed E-state index contributed by atoms with van der Waals surface area (Å²) in [6.45, 7) is 0.518. The Labute approximate surface area is 216 Å². The Balaban J connectivity index is 1.29. The van der Waals surface area contributed by atoms with Crippen LogP contribution in [0.5, 0.6) is 5.75 Å². The number of nitrogens with one attached hydrogen (secondary N) is 1. The van der Waals surface area contributed by atoms with Crippen LogP contribution in [-0.2, 0) is 6.42 Å². The van der Waals surface area contributed by atoms with Crippen LogP contribution in [0.25, 0.3) is 32.8 Å². The number of hydrogen-bond donors (Lipinski definition) is 2. The van der Waals surface area contributed by atoms with Crippen molar-refractivity contribution in [2.24, 2.45) is 0 Å². The molecule has 1 saturated carbocycles. The lowest BCUT2D eigenvalue weighted by Gasteiger charge is -2.16. The summed E-state index contributed by atoms with van der Waals surface area (Å²) in [4.78, 5) is 15.5. The predicted octanol–water partition coefficient (Wildman–Crippen LogP) is 8.36. The third-order valence-electron chi connectivity index (χ3n) is 7.78. The van der Waals surface area contributed by atoms with Crippen LogP contribution in [0.4, 0.5) is 0 Å². The number of aryl methyl sites for hydroxylation is 1. The fourth-order valence-electron chi connectivity index (χ4n) is 6.03. The van der Waals surface area contributed by atoms with Crippen LogP contribution >= 0.6 is 0 Å². The summed E-state index contributed by atoms with van der Waals surface area (Å²) in [5, 5.41) is 13.3. The van der Waals surface area contributed by atoms with Crippen molar-refractivity contribution < 1.29 is 14.6 Å². The van der Waals surface area contributed by atoms with E-state index in [1.807, 2.05) is 30.3 Å². The highest BCUT2D eigenvalue weighted by molar-refractivity contribution is 6.03. The molecule has 6 rings (SSSR count). The SMILES string of the molecule is O=C(O)c1[nH]c2c(-c3ccccc3C3CCCC3)cccc2c1CCCOc1cccc2ccccc12. The van der Waals surface area contributed by atoms with Crippen LogP contribution in [0.3, 0.4) is 0 Å². The minimum atomic E-state index is -0.920. The largest absolute Gasteiger partial charge is 0.493 e. The van der Waals surface area contributed by atoms with Gasteiger partial charge in [0.2, 0.25) is 0 Å². The zero-order valence-electron chi connectivity index (χ0n) is 20.9. The summed E-state index contributed by atoms with van der Waals surface area (Å²) in [7, 11) is 0. The van der Waals surface area contributed by atoms with Gasteiger partial charge < -0.3 is 14.8 Å². The third-order valence-corrected chi connectivity index (χ3v) is 7.78. The van der Waals surface area contributed by atoms with Crippen LogP contribution < -0.4 is 4.74 Å². The number of carboxylic acids is 1. The van der Waals surface area contributed by atoms with Crippen LogP contribution in [-0.4, -0.2) is 22.7 Å². The number of hydrogen-bond acceptors (Lipinski definition) is 2. The monoisotopic (exact) mass is 489 g/mol. The fraction of sp³-hybridized carbons (Fsp3) is 0.242. The zero-order valence-corrected chi connectivity index (χ0v) is 20.9. The fourth-order valence-corrected chi connectivity index (χ4v) is 6.03. The van der Waals surface area contributed by atoms with Gasteiger partial charge in [-0.1, -0.05) is 91.7 Å². The molecule has 1 aromatic heterocycles. The topological polar surface area (TPSA) is 62.3 Å². The third kappa shape index (κ3) is 4.48. The molecule has 0 unspecified atom stereocenters. The van der Waals surface area contributed by atoms with E-state index >= 15 is 0 Å². The second kappa shape index (κ2) is 10.1. The van der Waals surface area contributed by atoms with Crippen molar-refractivity contribution in [3.8, 4) is 16.9 Å². The number of ether oxygens (including phenoxy) is 1. The van der Waals surface area contributed by atoms with E-state index in [1.54, 1.807) is 0 Å². The van der Waals surface area contributed by atoms with Gasteiger partial charge in [-0.3, -0.25) is 0 Å². The van der Waals surface area contributed by atoms with Crippen molar-refractivity contribution in [3.63, 3.8) is 0 Å². The summed E-state index contributed by atoms with van der Waals surface area (Å²) < 4.78 is 6.14. The van der Waals surface area contributed by atoms with E-state index < -0.39 is 5.97 Å². The van der Waals surface area contributed by atoms with Gasteiger partial charge >= 0.3 is 5.97 Å². The Morgan fingerprint density at radius 1 is 0.838 bits per heavy atom. The maximum Gasteiger partial charge on any atom is 0.352 e. The molecule has 186 valence electrons. The average molecular weight is 490 g/mol. The van der Waals surface area contributed by atoms with Crippen molar-refractivity contribution in [1.29, 1.82) is 0 Å². The van der Waals surface area contributed by atoms with Gasteiger partial charge in [0.1, 0.15) is 11.4 Å². The van der Waals surface area contributed by atoms with Gasteiger partial charge in [-0.15, -0.1) is 0 Å². The molecule has 37 heavy (non-hydrogen) atoms. The number of fused-ring (bicyclic) bond motifs is 2. The van der Waals surface area contributed by atoms with Crippen molar-refractivity contribution in [2.75, 3.05) is 6.61 Å². The molecule has 0 bridgehead atoms. The van der Waals surface area contributed by atoms with E-state index in [2.05, 4.69) is 59.6 Å². The highest BCUT2D eigenvalue weighted by Gasteiger charge is 2.23. The molecule has 2 N–H and O–H groups in total. The molecular formula is C33H31NO3. The minimum Gasteiger partial charge on any atom is -0.493 e. The molecule has 1 fully saturated rings. The Morgan fingerprint density at radius 2 is 1.54 bits per heavy atom. The van der Waals surface area contributed by atoms with Crippen molar-refractivity contribution >= 4 is 27.6 Å². The van der Waals surface area contributed by atoms with Gasteiger partial charge in [0.05, 0.1) is 12.1 Å². The molecule has 0 radical (unpaired) electrons. The molecule has 4 heteroatoms.